The van der Waals surface area contributed by atoms with Crippen LogP contribution in [0.2, 0.25) is 0 Å². The number of amides is 1. The number of primary amides is 1. The zero-order chi connectivity index (χ0) is 12.1. The SMILES string of the molecule is Cl.NC(=O)OC(=O)[C@@H](N)Cc1ccc(Br)cc1. The number of halogens is 2. The number of benzene rings is 1. The van der Waals surface area contributed by atoms with Crippen molar-refractivity contribution in [2.24, 2.45) is 11.5 Å². The Morgan fingerprint density at radius 2 is 1.82 bits per heavy atom. The van der Waals surface area contributed by atoms with Gasteiger partial charge in [0, 0.05) is 4.47 Å². The van der Waals surface area contributed by atoms with Gasteiger partial charge in [-0.1, -0.05) is 28.1 Å². The predicted octanol–water partition coefficient (Wildman–Crippen LogP) is 1.36. The largest absolute Gasteiger partial charge is 0.412 e. The zero-order valence-corrected chi connectivity index (χ0v) is 11.2. The molecule has 7 heteroatoms. The lowest BCUT2D eigenvalue weighted by atomic mass is 10.1. The standard InChI is InChI=1S/C10H11BrN2O3.ClH/c11-7-3-1-6(2-4-7)5-8(12)9(14)16-10(13)15;/h1-4,8H,5,12H2,(H2,13,15);1H/t8-;/m0./s1. The van der Waals surface area contributed by atoms with Gasteiger partial charge in [-0.05, 0) is 24.1 Å². The predicted molar refractivity (Wildman–Crippen MR) is 68.7 cm³/mol. The van der Waals surface area contributed by atoms with Crippen molar-refractivity contribution >= 4 is 40.4 Å². The third kappa shape index (κ3) is 5.67. The summed E-state index contributed by atoms with van der Waals surface area (Å²) in [5.74, 6) is -0.824. The van der Waals surface area contributed by atoms with Gasteiger partial charge in [-0.25, -0.2) is 9.59 Å². The van der Waals surface area contributed by atoms with Crippen LogP contribution >= 0.6 is 28.3 Å². The van der Waals surface area contributed by atoms with E-state index in [9.17, 15) is 9.59 Å². The molecule has 0 aromatic heterocycles. The lowest BCUT2D eigenvalue weighted by molar-refractivity contribution is -0.138. The molecule has 0 heterocycles. The molecule has 0 aliphatic heterocycles. The molecule has 0 bridgehead atoms. The van der Waals surface area contributed by atoms with Gasteiger partial charge in [0.25, 0.3) is 0 Å². The fourth-order valence-corrected chi connectivity index (χ4v) is 1.40. The summed E-state index contributed by atoms with van der Waals surface area (Å²) in [5.41, 5.74) is 11.1. The van der Waals surface area contributed by atoms with E-state index < -0.39 is 18.1 Å². The second-order valence-corrected chi connectivity index (χ2v) is 4.09. The fraction of sp³-hybridized carbons (Fsp3) is 0.200. The maximum Gasteiger partial charge on any atom is 0.412 e. The molecule has 5 nitrogen and oxygen atoms in total. The van der Waals surface area contributed by atoms with Crippen molar-refractivity contribution in [1.82, 2.24) is 0 Å². The Balaban J connectivity index is 0.00000256. The number of hydrogen-bond acceptors (Lipinski definition) is 4. The number of esters is 1. The average Bonchev–Trinajstić information content (AvgIpc) is 2.20. The first-order valence-electron chi connectivity index (χ1n) is 4.50. The van der Waals surface area contributed by atoms with Crippen LogP contribution in [0.4, 0.5) is 4.79 Å². The van der Waals surface area contributed by atoms with E-state index in [1.165, 1.54) is 0 Å². The van der Waals surface area contributed by atoms with Crippen molar-refractivity contribution in [2.45, 2.75) is 12.5 Å². The second-order valence-electron chi connectivity index (χ2n) is 3.18. The molecule has 17 heavy (non-hydrogen) atoms. The van der Waals surface area contributed by atoms with Crippen LogP contribution in [-0.4, -0.2) is 18.1 Å². The number of rotatable bonds is 3. The second kappa shape index (κ2) is 7.26. The molecule has 0 aliphatic carbocycles. The quantitative estimate of drug-likeness (QED) is 0.648. The van der Waals surface area contributed by atoms with Gasteiger partial charge in [0.05, 0.1) is 0 Å². The molecule has 0 radical (unpaired) electrons. The van der Waals surface area contributed by atoms with E-state index >= 15 is 0 Å². The summed E-state index contributed by atoms with van der Waals surface area (Å²) in [6, 6.07) is 6.42. The molecule has 1 amide bonds. The fourth-order valence-electron chi connectivity index (χ4n) is 1.13. The number of carbonyl (C=O) groups is 2. The van der Waals surface area contributed by atoms with Gasteiger partial charge in [-0.2, -0.15) is 0 Å². The molecule has 0 saturated heterocycles. The summed E-state index contributed by atoms with van der Waals surface area (Å²) < 4.78 is 5.11. The summed E-state index contributed by atoms with van der Waals surface area (Å²) in [5, 5.41) is 0. The first kappa shape index (κ1) is 15.9. The first-order chi connectivity index (χ1) is 7.49. The topological polar surface area (TPSA) is 95.4 Å². The normalized spacial score (nSPS) is 11.2. The van der Waals surface area contributed by atoms with Crippen LogP contribution in [0.15, 0.2) is 28.7 Å². The molecule has 1 rings (SSSR count). The van der Waals surface area contributed by atoms with Crippen LogP contribution in [-0.2, 0) is 16.0 Å². The van der Waals surface area contributed by atoms with Gasteiger partial charge in [-0.3, -0.25) is 0 Å². The molecule has 0 unspecified atom stereocenters. The monoisotopic (exact) mass is 322 g/mol. The third-order valence-electron chi connectivity index (χ3n) is 1.87. The highest BCUT2D eigenvalue weighted by Crippen LogP contribution is 2.11. The molecule has 1 atom stereocenters. The third-order valence-corrected chi connectivity index (χ3v) is 2.40. The smallest absolute Gasteiger partial charge is 0.375 e. The summed E-state index contributed by atoms with van der Waals surface area (Å²) in [6.07, 6.45) is -0.851. The Morgan fingerprint density at radius 1 is 1.29 bits per heavy atom. The highest BCUT2D eigenvalue weighted by molar-refractivity contribution is 9.10. The van der Waals surface area contributed by atoms with E-state index in [1.54, 1.807) is 0 Å². The molecule has 1 aromatic rings. The van der Waals surface area contributed by atoms with E-state index in [-0.39, 0.29) is 12.4 Å². The van der Waals surface area contributed by atoms with E-state index in [0.29, 0.717) is 6.42 Å². The molecule has 0 spiro atoms. The van der Waals surface area contributed by atoms with Crippen molar-refractivity contribution in [3.8, 4) is 0 Å². The first-order valence-corrected chi connectivity index (χ1v) is 5.29. The zero-order valence-electron chi connectivity index (χ0n) is 8.76. The van der Waals surface area contributed by atoms with Crippen molar-refractivity contribution < 1.29 is 14.3 Å². The maximum absolute atomic E-state index is 11.2. The Kier molecular flexibility index (Phi) is 6.79. The molecule has 0 fully saturated rings. The van der Waals surface area contributed by atoms with Crippen molar-refractivity contribution in [3.63, 3.8) is 0 Å². The van der Waals surface area contributed by atoms with Crippen molar-refractivity contribution in [3.05, 3.63) is 34.3 Å². The summed E-state index contributed by atoms with van der Waals surface area (Å²) in [4.78, 5) is 21.5. The van der Waals surface area contributed by atoms with Gasteiger partial charge < -0.3 is 16.2 Å². The van der Waals surface area contributed by atoms with Gasteiger partial charge in [0.1, 0.15) is 6.04 Å². The van der Waals surface area contributed by atoms with E-state index in [2.05, 4.69) is 20.7 Å². The molecule has 0 aliphatic rings. The van der Waals surface area contributed by atoms with E-state index in [4.69, 9.17) is 11.5 Å². The Labute approximate surface area is 113 Å². The Hall–Kier alpha value is -1.11. The highest BCUT2D eigenvalue weighted by atomic mass is 79.9. The molecular weight excluding hydrogens is 311 g/mol. The van der Waals surface area contributed by atoms with Crippen molar-refractivity contribution in [2.75, 3.05) is 0 Å². The Morgan fingerprint density at radius 3 is 2.29 bits per heavy atom. The van der Waals surface area contributed by atoms with Gasteiger partial charge in [-0.15, -0.1) is 12.4 Å². The van der Waals surface area contributed by atoms with E-state index in [0.717, 1.165) is 10.0 Å². The highest BCUT2D eigenvalue weighted by Gasteiger charge is 2.17. The lowest BCUT2D eigenvalue weighted by Crippen LogP contribution is -2.36. The minimum absolute atomic E-state index is 0. The molecule has 94 valence electrons. The minimum atomic E-state index is -1.14. The number of carbonyl (C=O) groups excluding carboxylic acids is 2. The molecule has 4 N–H and O–H groups in total. The van der Waals surface area contributed by atoms with Gasteiger partial charge in [0.15, 0.2) is 0 Å². The van der Waals surface area contributed by atoms with Crippen LogP contribution in [0, 0.1) is 0 Å². The maximum atomic E-state index is 11.2. The summed E-state index contributed by atoms with van der Waals surface area (Å²) in [6.45, 7) is 0. The Bertz CT molecular complexity index is 397. The van der Waals surface area contributed by atoms with Crippen LogP contribution in [0.25, 0.3) is 0 Å². The molecule has 0 saturated carbocycles. The van der Waals surface area contributed by atoms with Crippen LogP contribution < -0.4 is 11.5 Å². The van der Waals surface area contributed by atoms with Crippen LogP contribution in [0.5, 0.6) is 0 Å². The summed E-state index contributed by atoms with van der Waals surface area (Å²) >= 11 is 3.29. The summed E-state index contributed by atoms with van der Waals surface area (Å²) in [7, 11) is 0. The molecule has 1 aromatic carbocycles. The number of hydrogen-bond donors (Lipinski definition) is 2. The lowest BCUT2D eigenvalue weighted by Gasteiger charge is -2.09. The van der Waals surface area contributed by atoms with Gasteiger partial charge in [0.2, 0.25) is 0 Å². The minimum Gasteiger partial charge on any atom is -0.375 e. The van der Waals surface area contributed by atoms with Crippen molar-refractivity contribution in [1.29, 1.82) is 0 Å². The van der Waals surface area contributed by atoms with Gasteiger partial charge >= 0.3 is 12.1 Å². The molecular formula is C10H12BrClN2O3. The average molecular weight is 324 g/mol. The van der Waals surface area contributed by atoms with E-state index in [1.807, 2.05) is 24.3 Å². The number of ether oxygens (including phenoxy) is 1. The van der Waals surface area contributed by atoms with Crippen LogP contribution in [0.3, 0.4) is 0 Å². The number of nitrogens with two attached hydrogens (primary N) is 2. The van der Waals surface area contributed by atoms with Crippen LogP contribution in [0.1, 0.15) is 5.56 Å².